The van der Waals surface area contributed by atoms with E-state index in [9.17, 15) is 0 Å². The van der Waals surface area contributed by atoms with Gasteiger partial charge in [-0.2, -0.15) is 0 Å². The third kappa shape index (κ3) is 4.85. The van der Waals surface area contributed by atoms with Gasteiger partial charge in [0.2, 0.25) is 0 Å². The van der Waals surface area contributed by atoms with E-state index in [1.165, 1.54) is 103 Å². The summed E-state index contributed by atoms with van der Waals surface area (Å²) in [6.45, 7) is 0. The summed E-state index contributed by atoms with van der Waals surface area (Å²) in [5.74, 6) is 0. The van der Waals surface area contributed by atoms with E-state index < -0.39 is 5.41 Å². The molecular formula is C61H38N2S. The fourth-order valence-corrected chi connectivity index (χ4v) is 12.5. The Kier molecular flexibility index (Phi) is 7.51. The number of anilines is 3. The second-order valence-corrected chi connectivity index (χ2v) is 18.3. The number of thiophene rings is 1. The van der Waals surface area contributed by atoms with Crippen LogP contribution in [-0.2, 0) is 5.41 Å². The number of para-hydroxylation sites is 2. The summed E-state index contributed by atoms with van der Waals surface area (Å²) in [7, 11) is 0. The Bertz CT molecular complexity index is 3780. The maximum atomic E-state index is 2.50. The van der Waals surface area contributed by atoms with Crippen LogP contribution in [0.4, 0.5) is 17.1 Å². The van der Waals surface area contributed by atoms with Crippen molar-refractivity contribution in [3.05, 3.63) is 253 Å². The van der Waals surface area contributed by atoms with Crippen LogP contribution in [-0.4, -0.2) is 4.57 Å². The van der Waals surface area contributed by atoms with Gasteiger partial charge < -0.3 is 9.47 Å². The second-order valence-electron chi connectivity index (χ2n) is 17.2. The topological polar surface area (TPSA) is 8.17 Å². The van der Waals surface area contributed by atoms with Crippen molar-refractivity contribution in [3.63, 3.8) is 0 Å². The van der Waals surface area contributed by atoms with Crippen molar-refractivity contribution in [1.29, 1.82) is 0 Å². The maximum Gasteiger partial charge on any atom is 0.0726 e. The molecule has 14 rings (SSSR count). The first kappa shape index (κ1) is 35.6. The molecule has 0 unspecified atom stereocenters. The molecule has 12 aromatic rings. The Morgan fingerprint density at radius 2 is 0.891 bits per heavy atom. The van der Waals surface area contributed by atoms with Gasteiger partial charge >= 0.3 is 0 Å². The molecule has 2 aliphatic carbocycles. The Morgan fingerprint density at radius 1 is 0.359 bits per heavy atom. The van der Waals surface area contributed by atoms with Crippen molar-refractivity contribution in [2.75, 3.05) is 4.90 Å². The van der Waals surface area contributed by atoms with Crippen molar-refractivity contribution in [2.24, 2.45) is 0 Å². The van der Waals surface area contributed by atoms with E-state index in [4.69, 9.17) is 0 Å². The number of hydrogen-bond acceptors (Lipinski definition) is 2. The van der Waals surface area contributed by atoms with Crippen LogP contribution in [0.15, 0.2) is 231 Å². The van der Waals surface area contributed by atoms with Gasteiger partial charge in [-0.05, 0) is 122 Å². The molecule has 0 atom stereocenters. The molecule has 1 spiro atoms. The van der Waals surface area contributed by atoms with Gasteiger partial charge in [-0.15, -0.1) is 11.3 Å². The molecule has 2 nitrogen and oxygen atoms in total. The lowest BCUT2D eigenvalue weighted by molar-refractivity contribution is 0.793. The zero-order valence-corrected chi connectivity index (χ0v) is 35.6. The minimum atomic E-state index is -0.443. The summed E-state index contributed by atoms with van der Waals surface area (Å²) in [6.07, 6.45) is 0. The predicted octanol–water partition coefficient (Wildman–Crippen LogP) is 16.6. The number of aromatic nitrogens is 1. The molecule has 3 heteroatoms. The molecule has 64 heavy (non-hydrogen) atoms. The number of nitrogens with zero attached hydrogens (tertiary/aromatic N) is 2. The fourth-order valence-electron chi connectivity index (χ4n) is 11.4. The van der Waals surface area contributed by atoms with Gasteiger partial charge in [0.05, 0.1) is 16.4 Å². The first-order valence-corrected chi connectivity index (χ1v) is 22.9. The van der Waals surface area contributed by atoms with Crippen LogP contribution in [0.1, 0.15) is 22.3 Å². The summed E-state index contributed by atoms with van der Waals surface area (Å²) >= 11 is 1.88. The normalized spacial score (nSPS) is 13.1. The van der Waals surface area contributed by atoms with Crippen LogP contribution in [0, 0.1) is 0 Å². The van der Waals surface area contributed by atoms with Gasteiger partial charge in [0.25, 0.3) is 0 Å². The quantitative estimate of drug-likeness (QED) is 0.168. The van der Waals surface area contributed by atoms with Gasteiger partial charge in [0.15, 0.2) is 0 Å². The molecule has 298 valence electrons. The first-order chi connectivity index (χ1) is 31.8. The monoisotopic (exact) mass is 830 g/mol. The molecule has 0 bridgehead atoms. The minimum absolute atomic E-state index is 0.443. The van der Waals surface area contributed by atoms with E-state index in [0.717, 1.165) is 17.1 Å². The Hall–Kier alpha value is -7.98. The Labute approximate surface area is 375 Å². The smallest absolute Gasteiger partial charge is 0.0726 e. The lowest BCUT2D eigenvalue weighted by Gasteiger charge is -2.32. The number of hydrogen-bond donors (Lipinski definition) is 0. The molecular weight excluding hydrogens is 793 g/mol. The lowest BCUT2D eigenvalue weighted by Crippen LogP contribution is -2.26. The molecule has 0 radical (unpaired) electrons. The maximum absolute atomic E-state index is 2.50. The molecule has 0 aliphatic heterocycles. The molecule has 2 aromatic heterocycles. The Balaban J connectivity index is 1.04. The van der Waals surface area contributed by atoms with Gasteiger partial charge in [-0.3, -0.25) is 0 Å². The SMILES string of the molecule is c1ccc(-c2ccc(N(c3ccc4c(c3)C3(c5ccccc5-c5ccccc53)c3ccccc3-4)c3ccc4sc5ccc6c7ccccc7n(-c7ccccc7)c6c5c4c3)cc2)cc1. The third-order valence-electron chi connectivity index (χ3n) is 14.0. The van der Waals surface area contributed by atoms with Crippen LogP contribution >= 0.6 is 11.3 Å². The molecule has 0 saturated heterocycles. The predicted molar refractivity (Wildman–Crippen MR) is 270 cm³/mol. The third-order valence-corrected chi connectivity index (χ3v) is 15.1. The van der Waals surface area contributed by atoms with Gasteiger partial charge in [0.1, 0.15) is 0 Å². The van der Waals surface area contributed by atoms with E-state index in [0.29, 0.717) is 0 Å². The standard InChI is InChI=1S/C61H38N2S/c1-3-15-39(16-4-1)40-27-29-42(30-28-40)62(44-31-33-48-47-21-9-13-25-54(47)61(55(48)38-44)52-23-11-7-19-45(52)46-20-8-12-24-53(46)61)43-32-35-57-51(37-43)59-58(64-57)36-34-50-49-22-10-14-26-56(49)63(60(50)59)41-17-5-2-6-18-41/h1-38H. The molecule has 2 heterocycles. The summed E-state index contributed by atoms with van der Waals surface area (Å²) in [5.41, 5.74) is 19.6. The lowest BCUT2D eigenvalue weighted by atomic mass is 9.70. The average Bonchev–Trinajstić information content (AvgIpc) is 4.08. The zero-order valence-electron chi connectivity index (χ0n) is 34.7. The summed E-state index contributed by atoms with van der Waals surface area (Å²) in [5, 5.41) is 5.09. The highest BCUT2D eigenvalue weighted by Crippen LogP contribution is 2.63. The highest BCUT2D eigenvalue weighted by molar-refractivity contribution is 7.26. The van der Waals surface area contributed by atoms with E-state index in [1.54, 1.807) is 0 Å². The molecule has 0 fully saturated rings. The highest BCUT2D eigenvalue weighted by atomic mass is 32.1. The van der Waals surface area contributed by atoms with Crippen LogP contribution in [0.5, 0.6) is 0 Å². The van der Waals surface area contributed by atoms with Crippen LogP contribution in [0.2, 0.25) is 0 Å². The minimum Gasteiger partial charge on any atom is -0.310 e. The number of fused-ring (bicyclic) bond motifs is 17. The summed E-state index contributed by atoms with van der Waals surface area (Å²) < 4.78 is 5.04. The van der Waals surface area contributed by atoms with Crippen molar-refractivity contribution < 1.29 is 0 Å². The van der Waals surface area contributed by atoms with E-state index in [-0.39, 0.29) is 0 Å². The van der Waals surface area contributed by atoms with Gasteiger partial charge in [-0.25, -0.2) is 0 Å². The average molecular weight is 831 g/mol. The second kappa shape index (κ2) is 13.5. The largest absolute Gasteiger partial charge is 0.310 e. The van der Waals surface area contributed by atoms with Crippen molar-refractivity contribution in [3.8, 4) is 39.1 Å². The van der Waals surface area contributed by atoms with Crippen molar-refractivity contribution in [2.45, 2.75) is 5.41 Å². The van der Waals surface area contributed by atoms with E-state index >= 15 is 0 Å². The van der Waals surface area contributed by atoms with Crippen LogP contribution in [0.25, 0.3) is 81.0 Å². The molecule has 0 saturated carbocycles. The molecule has 10 aromatic carbocycles. The van der Waals surface area contributed by atoms with Crippen LogP contribution < -0.4 is 4.90 Å². The molecule has 0 N–H and O–H groups in total. The van der Waals surface area contributed by atoms with Gasteiger partial charge in [0, 0.05) is 53.7 Å². The van der Waals surface area contributed by atoms with E-state index in [1.807, 2.05) is 11.3 Å². The highest BCUT2D eigenvalue weighted by Gasteiger charge is 2.51. The molecule has 2 aliphatic rings. The van der Waals surface area contributed by atoms with Gasteiger partial charge in [-0.1, -0.05) is 164 Å². The fraction of sp³-hybridized carbons (Fsp3) is 0.0164. The van der Waals surface area contributed by atoms with Crippen molar-refractivity contribution in [1.82, 2.24) is 4.57 Å². The Morgan fingerprint density at radius 3 is 1.59 bits per heavy atom. The van der Waals surface area contributed by atoms with E-state index in [2.05, 4.69) is 240 Å². The zero-order chi connectivity index (χ0) is 41.9. The summed E-state index contributed by atoms with van der Waals surface area (Å²) in [4.78, 5) is 2.48. The summed E-state index contributed by atoms with van der Waals surface area (Å²) in [6, 6.07) is 85.7. The molecule has 0 amide bonds. The first-order valence-electron chi connectivity index (χ1n) is 22.1. The van der Waals surface area contributed by atoms with Crippen LogP contribution in [0.3, 0.4) is 0 Å². The van der Waals surface area contributed by atoms with Crippen molar-refractivity contribution >= 4 is 70.4 Å². The number of benzene rings is 10. The number of rotatable bonds is 5.